The molecule has 0 unspecified atom stereocenters. The van der Waals surface area contributed by atoms with Crippen LogP contribution in [0, 0.1) is 0 Å². The molecule has 1 rings (SSSR count). The molecule has 0 fully saturated rings. The molecule has 0 saturated carbocycles. The van der Waals surface area contributed by atoms with Crippen LogP contribution in [0.3, 0.4) is 0 Å². The van der Waals surface area contributed by atoms with Crippen LogP contribution in [0.4, 0.5) is 0 Å². The average molecular weight is 289 g/mol. The molecule has 0 amide bonds. The van der Waals surface area contributed by atoms with E-state index in [0.717, 1.165) is 18.7 Å². The maximum atomic E-state index is 11.9. The zero-order chi connectivity index (χ0) is 14.1. The molecular formula is C12H23N3O3S. The molecule has 0 aromatic carbocycles. The number of nitrogens with one attached hydrogen (secondary N) is 3. The lowest BCUT2D eigenvalue weighted by Crippen LogP contribution is -2.25. The summed E-state index contributed by atoms with van der Waals surface area (Å²) in [6.07, 6.45) is 3.15. The largest absolute Gasteiger partial charge is 0.381 e. The summed E-state index contributed by atoms with van der Waals surface area (Å²) in [5.41, 5.74) is 0.842. The van der Waals surface area contributed by atoms with Crippen LogP contribution < -0.4 is 10.0 Å². The second-order valence-corrected chi connectivity index (χ2v) is 6.02. The molecule has 0 saturated heterocycles. The van der Waals surface area contributed by atoms with Gasteiger partial charge in [-0.05, 0) is 26.0 Å². The molecule has 0 aliphatic heterocycles. The molecule has 0 bridgehead atoms. The molecule has 1 aromatic rings. The van der Waals surface area contributed by atoms with Crippen LogP contribution in [0.1, 0.15) is 25.5 Å². The number of ether oxygens (including phenoxy) is 1. The highest BCUT2D eigenvalue weighted by Crippen LogP contribution is 2.10. The summed E-state index contributed by atoms with van der Waals surface area (Å²) in [6.45, 7) is 4.34. The van der Waals surface area contributed by atoms with E-state index in [-0.39, 0.29) is 4.90 Å². The third kappa shape index (κ3) is 5.73. The Kier molecular flexibility index (Phi) is 7.07. The molecule has 0 aliphatic rings. The zero-order valence-corrected chi connectivity index (χ0v) is 12.3. The van der Waals surface area contributed by atoms with E-state index < -0.39 is 10.0 Å². The first-order valence-corrected chi connectivity index (χ1v) is 7.97. The minimum absolute atomic E-state index is 0.271. The lowest BCUT2D eigenvalue weighted by molar-refractivity contribution is 0.133. The second-order valence-electron chi connectivity index (χ2n) is 4.25. The van der Waals surface area contributed by atoms with Crippen LogP contribution in [-0.4, -0.2) is 40.2 Å². The van der Waals surface area contributed by atoms with Crippen LogP contribution >= 0.6 is 0 Å². The summed E-state index contributed by atoms with van der Waals surface area (Å²) in [5, 5.41) is 2.96. The summed E-state index contributed by atoms with van der Waals surface area (Å²) in [5.74, 6) is 0. The van der Waals surface area contributed by atoms with Gasteiger partial charge in [-0.3, -0.25) is 0 Å². The Morgan fingerprint density at radius 3 is 2.84 bits per heavy atom. The minimum Gasteiger partial charge on any atom is -0.381 e. The molecule has 3 N–H and O–H groups in total. The zero-order valence-electron chi connectivity index (χ0n) is 11.5. The van der Waals surface area contributed by atoms with Gasteiger partial charge in [0.05, 0.1) is 4.90 Å². The molecule has 6 nitrogen and oxygen atoms in total. The van der Waals surface area contributed by atoms with Gasteiger partial charge in [-0.25, -0.2) is 13.1 Å². The van der Waals surface area contributed by atoms with Crippen molar-refractivity contribution in [1.82, 2.24) is 15.0 Å². The van der Waals surface area contributed by atoms with E-state index in [1.54, 1.807) is 6.07 Å². The van der Waals surface area contributed by atoms with Crippen molar-refractivity contribution in [3.05, 3.63) is 18.0 Å². The van der Waals surface area contributed by atoms with Gasteiger partial charge in [0.1, 0.15) is 0 Å². The predicted molar refractivity (Wildman–Crippen MR) is 74.5 cm³/mol. The molecule has 19 heavy (non-hydrogen) atoms. The van der Waals surface area contributed by atoms with Crippen molar-refractivity contribution in [2.24, 2.45) is 0 Å². The van der Waals surface area contributed by atoms with Crippen molar-refractivity contribution in [1.29, 1.82) is 0 Å². The summed E-state index contributed by atoms with van der Waals surface area (Å²) < 4.78 is 31.7. The van der Waals surface area contributed by atoms with Crippen LogP contribution in [0.5, 0.6) is 0 Å². The highest BCUT2D eigenvalue weighted by molar-refractivity contribution is 7.89. The molecule has 7 heteroatoms. The third-order valence-electron chi connectivity index (χ3n) is 2.50. The van der Waals surface area contributed by atoms with E-state index in [2.05, 4.69) is 15.0 Å². The fourth-order valence-corrected chi connectivity index (χ4v) is 2.67. The molecule has 0 atom stereocenters. The maximum Gasteiger partial charge on any atom is 0.242 e. The van der Waals surface area contributed by atoms with Crippen molar-refractivity contribution in [2.45, 2.75) is 31.2 Å². The predicted octanol–water partition coefficient (Wildman–Crippen LogP) is 0.829. The smallest absolute Gasteiger partial charge is 0.242 e. The van der Waals surface area contributed by atoms with E-state index in [1.807, 2.05) is 14.0 Å². The number of H-pyrrole nitrogens is 1. The Morgan fingerprint density at radius 2 is 2.16 bits per heavy atom. The first-order chi connectivity index (χ1) is 9.10. The Morgan fingerprint density at radius 1 is 1.37 bits per heavy atom. The summed E-state index contributed by atoms with van der Waals surface area (Å²) in [4.78, 5) is 3.20. The Bertz CT molecular complexity index is 457. The van der Waals surface area contributed by atoms with Gasteiger partial charge in [-0.1, -0.05) is 6.92 Å². The summed E-state index contributed by atoms with van der Waals surface area (Å²) in [7, 11) is -1.61. The van der Waals surface area contributed by atoms with E-state index in [0.29, 0.717) is 26.1 Å². The molecule has 1 aromatic heterocycles. The SMILES string of the molecule is CCCOCCCNS(=O)(=O)c1c[nH]c(CNC)c1. The fraction of sp³-hybridized carbons (Fsp3) is 0.667. The number of aromatic nitrogens is 1. The standard InChI is InChI=1S/C12H23N3O3S/c1-3-6-18-7-4-5-15-19(16,17)12-8-11(9-13-2)14-10-12/h8,10,13-15H,3-7,9H2,1-2H3. The summed E-state index contributed by atoms with van der Waals surface area (Å²) in [6, 6.07) is 1.63. The first kappa shape index (κ1) is 16.2. The fourth-order valence-electron chi connectivity index (χ4n) is 1.58. The minimum atomic E-state index is -3.42. The molecule has 110 valence electrons. The normalized spacial score (nSPS) is 11.9. The van der Waals surface area contributed by atoms with Gasteiger partial charge < -0.3 is 15.0 Å². The Hall–Kier alpha value is -0.890. The average Bonchev–Trinajstić information content (AvgIpc) is 2.83. The molecule has 0 radical (unpaired) electrons. The Labute approximate surface area is 115 Å². The lowest BCUT2D eigenvalue weighted by Gasteiger charge is -2.05. The van der Waals surface area contributed by atoms with Gasteiger partial charge >= 0.3 is 0 Å². The second kappa shape index (κ2) is 8.31. The lowest BCUT2D eigenvalue weighted by atomic mass is 10.4. The van der Waals surface area contributed by atoms with Crippen LogP contribution in [0.15, 0.2) is 17.2 Å². The maximum absolute atomic E-state index is 11.9. The Balaban J connectivity index is 2.38. The topological polar surface area (TPSA) is 83.2 Å². The summed E-state index contributed by atoms with van der Waals surface area (Å²) >= 11 is 0. The number of hydrogen-bond acceptors (Lipinski definition) is 4. The van der Waals surface area contributed by atoms with Crippen LogP contribution in [0.25, 0.3) is 0 Å². The van der Waals surface area contributed by atoms with Crippen molar-refractivity contribution >= 4 is 10.0 Å². The van der Waals surface area contributed by atoms with Crippen molar-refractivity contribution < 1.29 is 13.2 Å². The van der Waals surface area contributed by atoms with E-state index >= 15 is 0 Å². The van der Waals surface area contributed by atoms with Gasteiger partial charge in [0.15, 0.2) is 0 Å². The van der Waals surface area contributed by atoms with Gasteiger partial charge in [0, 0.05) is 38.2 Å². The van der Waals surface area contributed by atoms with E-state index in [9.17, 15) is 8.42 Å². The van der Waals surface area contributed by atoms with Gasteiger partial charge in [-0.15, -0.1) is 0 Å². The van der Waals surface area contributed by atoms with Gasteiger partial charge in [0.25, 0.3) is 0 Å². The van der Waals surface area contributed by atoms with Gasteiger partial charge in [-0.2, -0.15) is 0 Å². The van der Waals surface area contributed by atoms with Crippen molar-refractivity contribution in [2.75, 3.05) is 26.8 Å². The van der Waals surface area contributed by atoms with Gasteiger partial charge in [0.2, 0.25) is 10.0 Å². The molecule has 0 aliphatic carbocycles. The van der Waals surface area contributed by atoms with Crippen molar-refractivity contribution in [3.8, 4) is 0 Å². The van der Waals surface area contributed by atoms with E-state index in [1.165, 1.54) is 6.20 Å². The third-order valence-corrected chi connectivity index (χ3v) is 3.94. The monoisotopic (exact) mass is 289 g/mol. The molecular weight excluding hydrogens is 266 g/mol. The highest BCUT2D eigenvalue weighted by atomic mass is 32.2. The first-order valence-electron chi connectivity index (χ1n) is 6.49. The number of aromatic amines is 1. The number of sulfonamides is 1. The number of hydrogen-bond donors (Lipinski definition) is 3. The van der Waals surface area contributed by atoms with E-state index in [4.69, 9.17) is 4.74 Å². The van der Waals surface area contributed by atoms with Crippen molar-refractivity contribution in [3.63, 3.8) is 0 Å². The molecule has 1 heterocycles. The highest BCUT2D eigenvalue weighted by Gasteiger charge is 2.14. The van der Waals surface area contributed by atoms with Crippen LogP contribution in [-0.2, 0) is 21.3 Å². The quantitative estimate of drug-likeness (QED) is 0.557. The molecule has 0 spiro atoms. The van der Waals surface area contributed by atoms with Crippen LogP contribution in [0.2, 0.25) is 0 Å². The number of rotatable bonds is 10.